The third kappa shape index (κ3) is 4.27. The van der Waals surface area contributed by atoms with Gasteiger partial charge in [-0.2, -0.15) is 0 Å². The highest BCUT2D eigenvalue weighted by Crippen LogP contribution is 2.36. The third-order valence-corrected chi connectivity index (χ3v) is 2.64. The van der Waals surface area contributed by atoms with E-state index in [2.05, 4.69) is 17.0 Å². The average molecular weight is 185 g/mol. The lowest BCUT2D eigenvalue weighted by Gasteiger charge is -2.02. The molecule has 3 nitrogen and oxygen atoms in total. The number of rotatable bonds is 6. The Balaban J connectivity index is 1.81. The van der Waals surface area contributed by atoms with Gasteiger partial charge in [0.15, 0.2) is 0 Å². The van der Waals surface area contributed by atoms with Gasteiger partial charge in [-0.3, -0.25) is 4.79 Å². The molecule has 0 aromatic rings. The summed E-state index contributed by atoms with van der Waals surface area (Å²) in [7, 11) is 1.43. The van der Waals surface area contributed by atoms with E-state index in [9.17, 15) is 4.79 Å². The fourth-order valence-electron chi connectivity index (χ4n) is 1.43. The molecule has 2 unspecified atom stereocenters. The highest BCUT2D eigenvalue weighted by Gasteiger charge is 2.31. The minimum atomic E-state index is -0.110. The average Bonchev–Trinajstić information content (AvgIpc) is 2.81. The first-order valence-corrected chi connectivity index (χ1v) is 5.01. The number of hydrogen-bond acceptors (Lipinski definition) is 3. The lowest BCUT2D eigenvalue weighted by Crippen LogP contribution is -2.19. The molecule has 13 heavy (non-hydrogen) atoms. The van der Waals surface area contributed by atoms with Crippen molar-refractivity contribution < 1.29 is 9.53 Å². The predicted molar refractivity (Wildman–Crippen MR) is 51.4 cm³/mol. The molecule has 1 N–H and O–H groups in total. The molecule has 76 valence electrons. The minimum Gasteiger partial charge on any atom is -0.469 e. The molecule has 0 radical (unpaired) electrons. The van der Waals surface area contributed by atoms with Gasteiger partial charge in [-0.15, -0.1) is 0 Å². The zero-order valence-corrected chi connectivity index (χ0v) is 8.51. The number of hydrogen-bond donors (Lipinski definition) is 1. The molecule has 0 saturated heterocycles. The molecule has 1 saturated carbocycles. The van der Waals surface area contributed by atoms with Gasteiger partial charge in [0, 0.05) is 6.42 Å². The van der Waals surface area contributed by atoms with E-state index in [0.717, 1.165) is 31.3 Å². The summed E-state index contributed by atoms with van der Waals surface area (Å²) in [6.45, 7) is 4.32. The lowest BCUT2D eigenvalue weighted by atomic mass is 10.3. The number of carbonyl (C=O) groups is 1. The van der Waals surface area contributed by atoms with Crippen molar-refractivity contribution in [3.8, 4) is 0 Å². The van der Waals surface area contributed by atoms with Crippen LogP contribution in [0.2, 0.25) is 0 Å². The molecule has 1 fully saturated rings. The van der Waals surface area contributed by atoms with Crippen LogP contribution in [0.25, 0.3) is 0 Å². The van der Waals surface area contributed by atoms with E-state index in [4.69, 9.17) is 0 Å². The van der Waals surface area contributed by atoms with E-state index < -0.39 is 0 Å². The zero-order valence-electron chi connectivity index (χ0n) is 8.51. The zero-order chi connectivity index (χ0) is 9.68. The molecule has 0 aromatic heterocycles. The van der Waals surface area contributed by atoms with Crippen molar-refractivity contribution in [3.63, 3.8) is 0 Å². The highest BCUT2D eigenvalue weighted by atomic mass is 16.5. The molecule has 0 bridgehead atoms. The van der Waals surface area contributed by atoms with Gasteiger partial charge in [0.05, 0.1) is 7.11 Å². The number of esters is 1. The maximum absolute atomic E-state index is 10.7. The van der Waals surface area contributed by atoms with Crippen LogP contribution in [0.3, 0.4) is 0 Å². The maximum Gasteiger partial charge on any atom is 0.305 e. The Morgan fingerprint density at radius 1 is 1.62 bits per heavy atom. The summed E-state index contributed by atoms with van der Waals surface area (Å²) in [6.07, 6.45) is 2.78. The fraction of sp³-hybridized carbons (Fsp3) is 0.900. The van der Waals surface area contributed by atoms with Crippen molar-refractivity contribution in [3.05, 3.63) is 0 Å². The van der Waals surface area contributed by atoms with E-state index in [1.807, 2.05) is 0 Å². The number of ether oxygens (including phenoxy) is 1. The van der Waals surface area contributed by atoms with Gasteiger partial charge in [0.2, 0.25) is 0 Å². The molecule has 1 aliphatic carbocycles. The van der Waals surface area contributed by atoms with Gasteiger partial charge in [-0.1, -0.05) is 6.92 Å². The molecule has 1 aliphatic rings. The Hall–Kier alpha value is -0.570. The maximum atomic E-state index is 10.7. The number of nitrogens with one attached hydrogen (secondary N) is 1. The van der Waals surface area contributed by atoms with Gasteiger partial charge in [0.1, 0.15) is 0 Å². The standard InChI is InChI=1S/C10H19NO2/c1-8-6-9(8)7-11-5-3-4-10(12)13-2/h8-9,11H,3-7H2,1-2H3. The van der Waals surface area contributed by atoms with Crippen LogP contribution >= 0.6 is 0 Å². The second kappa shape index (κ2) is 5.22. The Morgan fingerprint density at radius 3 is 2.85 bits per heavy atom. The lowest BCUT2D eigenvalue weighted by molar-refractivity contribution is -0.140. The molecule has 1 rings (SSSR count). The largest absolute Gasteiger partial charge is 0.469 e. The van der Waals surface area contributed by atoms with E-state index >= 15 is 0 Å². The molecular formula is C10H19NO2. The summed E-state index contributed by atoms with van der Waals surface area (Å²) in [5.41, 5.74) is 0. The van der Waals surface area contributed by atoms with Crippen molar-refractivity contribution >= 4 is 5.97 Å². The van der Waals surface area contributed by atoms with E-state index in [1.165, 1.54) is 13.5 Å². The predicted octanol–water partition coefficient (Wildman–Crippen LogP) is 1.19. The summed E-state index contributed by atoms with van der Waals surface area (Å²) in [5.74, 6) is 1.69. The normalized spacial score (nSPS) is 25.7. The molecule has 0 aromatic carbocycles. The molecule has 0 aliphatic heterocycles. The van der Waals surface area contributed by atoms with Crippen LogP contribution in [0.1, 0.15) is 26.2 Å². The SMILES string of the molecule is COC(=O)CCCNCC1CC1C. The summed E-state index contributed by atoms with van der Waals surface area (Å²) < 4.78 is 4.54. The van der Waals surface area contributed by atoms with Crippen LogP contribution in [0.5, 0.6) is 0 Å². The van der Waals surface area contributed by atoms with Gasteiger partial charge in [-0.25, -0.2) is 0 Å². The molecule has 3 heteroatoms. The van der Waals surface area contributed by atoms with Crippen LogP contribution in [-0.2, 0) is 9.53 Å². The van der Waals surface area contributed by atoms with Crippen LogP contribution in [0.15, 0.2) is 0 Å². The molecular weight excluding hydrogens is 166 g/mol. The smallest absolute Gasteiger partial charge is 0.305 e. The number of methoxy groups -OCH3 is 1. The first-order chi connectivity index (χ1) is 6.24. The summed E-state index contributed by atoms with van der Waals surface area (Å²) in [6, 6.07) is 0. The van der Waals surface area contributed by atoms with E-state index in [-0.39, 0.29) is 5.97 Å². The number of carbonyl (C=O) groups excluding carboxylic acids is 1. The van der Waals surface area contributed by atoms with Crippen LogP contribution in [0, 0.1) is 11.8 Å². The molecule has 0 amide bonds. The van der Waals surface area contributed by atoms with Gasteiger partial charge < -0.3 is 10.1 Å². The monoisotopic (exact) mass is 185 g/mol. The van der Waals surface area contributed by atoms with Crippen molar-refractivity contribution in [1.29, 1.82) is 0 Å². The Kier molecular flexibility index (Phi) is 4.22. The summed E-state index contributed by atoms with van der Waals surface area (Å²) in [4.78, 5) is 10.7. The molecule has 2 atom stereocenters. The van der Waals surface area contributed by atoms with Crippen molar-refractivity contribution in [1.82, 2.24) is 5.32 Å². The summed E-state index contributed by atoms with van der Waals surface area (Å²) >= 11 is 0. The third-order valence-electron chi connectivity index (χ3n) is 2.64. The second-order valence-electron chi connectivity index (χ2n) is 3.86. The van der Waals surface area contributed by atoms with Crippen molar-refractivity contribution in [2.24, 2.45) is 11.8 Å². The van der Waals surface area contributed by atoms with Gasteiger partial charge in [0.25, 0.3) is 0 Å². The van der Waals surface area contributed by atoms with Crippen LogP contribution in [0.4, 0.5) is 0 Å². The quantitative estimate of drug-likeness (QED) is 0.499. The van der Waals surface area contributed by atoms with Crippen LogP contribution < -0.4 is 5.32 Å². The first kappa shape index (κ1) is 10.5. The minimum absolute atomic E-state index is 0.110. The van der Waals surface area contributed by atoms with Crippen molar-refractivity contribution in [2.75, 3.05) is 20.2 Å². The first-order valence-electron chi connectivity index (χ1n) is 5.01. The van der Waals surface area contributed by atoms with Gasteiger partial charge >= 0.3 is 5.97 Å². The Morgan fingerprint density at radius 2 is 2.31 bits per heavy atom. The second-order valence-corrected chi connectivity index (χ2v) is 3.86. The van der Waals surface area contributed by atoms with E-state index in [0.29, 0.717) is 6.42 Å². The highest BCUT2D eigenvalue weighted by molar-refractivity contribution is 5.68. The summed E-state index contributed by atoms with van der Waals surface area (Å²) in [5, 5.41) is 3.35. The Bertz CT molecular complexity index is 170. The van der Waals surface area contributed by atoms with E-state index in [1.54, 1.807) is 0 Å². The molecule has 0 spiro atoms. The fourth-order valence-corrected chi connectivity index (χ4v) is 1.43. The van der Waals surface area contributed by atoms with Gasteiger partial charge in [-0.05, 0) is 37.8 Å². The topological polar surface area (TPSA) is 38.3 Å². The molecule has 0 heterocycles. The Labute approximate surface area is 79.8 Å². The van der Waals surface area contributed by atoms with Crippen LogP contribution in [-0.4, -0.2) is 26.2 Å². The van der Waals surface area contributed by atoms with Crippen molar-refractivity contribution in [2.45, 2.75) is 26.2 Å².